The summed E-state index contributed by atoms with van der Waals surface area (Å²) in [6.45, 7) is 5.06. The number of aliphatic hydroxyl groups excluding tert-OH is 1. The molecule has 33 heteroatoms. The number of hydrogen-bond donors (Lipinski definition) is 8. The Morgan fingerprint density at radius 3 is 2.17 bits per heavy atom. The maximum atomic E-state index is 14.5. The molecule has 11 rings (SSSR count). The van der Waals surface area contributed by atoms with Crippen molar-refractivity contribution in [1.29, 1.82) is 0 Å². The maximum Gasteiger partial charge on any atom is 0.421 e. The number of pyridine rings is 1. The number of aliphatic hydroxyl groups is 1. The number of aromatic carboxylic acids is 1. The fraction of sp³-hybridized carbons (Fsp3) is 0.333. The van der Waals surface area contributed by atoms with Crippen molar-refractivity contribution in [3.05, 3.63) is 123 Å². The van der Waals surface area contributed by atoms with Crippen LogP contribution in [-0.4, -0.2) is 134 Å². The number of aromatic amines is 1. The lowest BCUT2D eigenvalue weighted by Crippen LogP contribution is -2.40. The minimum absolute atomic E-state index is 0.00719. The second-order valence-corrected chi connectivity index (χ2v) is 27.7. The second kappa shape index (κ2) is 28.5. The highest BCUT2D eigenvalue weighted by Crippen LogP contribution is 2.42. The van der Waals surface area contributed by atoms with Crippen LogP contribution < -0.4 is 26.2 Å². The Bertz CT molecular complexity index is 4300. The normalized spacial score (nSPS) is 18.4. The lowest BCUT2D eigenvalue weighted by Gasteiger charge is -2.28. The van der Waals surface area contributed by atoms with Gasteiger partial charge in [-0.3, -0.25) is 28.8 Å². The number of amides is 5. The molecule has 0 spiro atoms. The van der Waals surface area contributed by atoms with Crippen LogP contribution >= 0.6 is 68.0 Å². The highest BCUT2D eigenvalue weighted by molar-refractivity contribution is 7.15. The van der Waals surface area contributed by atoms with E-state index >= 15 is 0 Å². The number of carboxylic acid groups (broad SMARTS) is 2. The topological polar surface area (TPSA) is 386 Å². The van der Waals surface area contributed by atoms with Gasteiger partial charge >= 0.3 is 18.0 Å². The molecular weight excluding hydrogens is 1320 g/mol. The standard InChI is InChI=1S/C60H58N14O13S6/c1-26(2)32-17-38(75)44-27(3)92-56(72-44)34(18-42(76)61-4)65-50(79)36-23-88-52(67-36)31-15-16-33(54-70-41(25-91-54)74(40-19-62-49(69-40)59(83)84)60(85)87-30-13-11-29(12-14-30)58(81)82)64-45(31)35-22-89-55(66-35)37-24-90-57(68-37)47(48(78)28-9-7-6-8-10-28)71-43(77)20-63-51(80)46-39(21-86-5)93-53(32)73-46/h6-10,15-16,19,22-26,29-30,32,34,47-48,78H,11-14,17-18,20-21H2,1-5H3,(H,61,76)(H,62,69)(H,63,80)(H,65,79)(H,71,77)(H,81,82)(H,83,84)/t29?,30?,32?,34-,47-,48-/m0/s1. The third-order valence-corrected chi connectivity index (χ3v) is 21.1. The Balaban J connectivity index is 0.985. The first-order valence-electron chi connectivity index (χ1n) is 28.9. The zero-order chi connectivity index (χ0) is 65.8. The average Bonchev–Trinajstić information content (AvgIpc) is 1.71. The number of carbonyl (C=O) groups is 8. The summed E-state index contributed by atoms with van der Waals surface area (Å²) in [5.74, 6) is -6.81. The predicted octanol–water partition coefficient (Wildman–Crippen LogP) is 9.54. The van der Waals surface area contributed by atoms with Crippen molar-refractivity contribution in [1.82, 2.24) is 66.1 Å². The minimum Gasteiger partial charge on any atom is -0.481 e. The molecule has 1 unspecified atom stereocenters. The summed E-state index contributed by atoms with van der Waals surface area (Å²) < 4.78 is 11.4. The second-order valence-electron chi connectivity index (χ2n) is 21.9. The van der Waals surface area contributed by atoms with Crippen molar-refractivity contribution in [2.24, 2.45) is 11.8 Å². The summed E-state index contributed by atoms with van der Waals surface area (Å²) in [5, 5.41) is 51.0. The molecule has 1 aliphatic carbocycles. The molecule has 482 valence electrons. The van der Waals surface area contributed by atoms with E-state index in [0.717, 1.165) is 56.4 Å². The predicted molar refractivity (Wildman–Crippen MR) is 346 cm³/mol. The molecule has 1 aliphatic heterocycles. The van der Waals surface area contributed by atoms with Crippen molar-refractivity contribution < 1.29 is 63.1 Å². The molecule has 93 heavy (non-hydrogen) atoms. The number of anilines is 2. The Kier molecular flexibility index (Phi) is 20.1. The van der Waals surface area contributed by atoms with Crippen molar-refractivity contribution in [3.8, 4) is 43.4 Å². The molecule has 4 atom stereocenters. The van der Waals surface area contributed by atoms with Crippen molar-refractivity contribution in [2.45, 2.75) is 96.1 Å². The number of carbonyl (C=O) groups excluding carboxylic acids is 6. The summed E-state index contributed by atoms with van der Waals surface area (Å²) in [7, 11) is 2.93. The van der Waals surface area contributed by atoms with E-state index in [1.165, 1.54) is 36.8 Å². The number of benzene rings is 1. The van der Waals surface area contributed by atoms with Crippen LogP contribution in [0.4, 0.5) is 16.4 Å². The molecule has 9 aromatic rings. The van der Waals surface area contributed by atoms with Crippen LogP contribution in [0.1, 0.15) is 149 Å². The number of carboxylic acids is 2. The number of imidazole rings is 1. The van der Waals surface area contributed by atoms with E-state index in [1.807, 2.05) is 13.8 Å². The number of Topliss-reactive ketones (excluding diaryl/α,β-unsaturated/α-hetero) is 1. The van der Waals surface area contributed by atoms with E-state index in [0.29, 0.717) is 57.3 Å². The summed E-state index contributed by atoms with van der Waals surface area (Å²) >= 11 is 6.96. The summed E-state index contributed by atoms with van der Waals surface area (Å²) in [6.07, 6.45) is -0.882. The number of aliphatic carboxylic acids is 1. The number of nitrogens with zero attached hydrogens (tertiary/aromatic N) is 9. The number of ketones is 1. The largest absolute Gasteiger partial charge is 0.481 e. The van der Waals surface area contributed by atoms with Crippen LogP contribution in [0.25, 0.3) is 43.4 Å². The molecule has 1 fully saturated rings. The molecule has 1 saturated carbocycles. The van der Waals surface area contributed by atoms with Crippen molar-refractivity contribution >= 4 is 127 Å². The van der Waals surface area contributed by atoms with Gasteiger partial charge in [0.05, 0.1) is 53.3 Å². The summed E-state index contributed by atoms with van der Waals surface area (Å²) in [5.41, 5.74) is 2.29. The molecule has 9 heterocycles. The number of thiazole rings is 6. The Morgan fingerprint density at radius 2 is 1.45 bits per heavy atom. The highest BCUT2D eigenvalue weighted by atomic mass is 32.1. The SMILES string of the molecule is CNC(=O)C[C@@H]1NC(=O)c2csc(n2)-c2ccc(-c3nc(N(C(=O)OC4CCC(C(=O)O)CC4)c4cnc(C(=O)O)[nH]4)cs3)nc2-c2csc(n2)-c2csc(n2)[C@H]([C@@H](O)c2ccccc2)NC(=O)CNC(=O)c2nc(sc2COC)C(C(C)C)CC(=O)c2nc1sc2C. The Labute approximate surface area is 553 Å². The molecule has 0 saturated heterocycles. The first-order chi connectivity index (χ1) is 44.7. The molecule has 2 aliphatic rings. The summed E-state index contributed by atoms with van der Waals surface area (Å²) in [4.78, 5) is 151. The van der Waals surface area contributed by atoms with Crippen LogP contribution in [-0.2, 0) is 30.5 Å². The van der Waals surface area contributed by atoms with Crippen molar-refractivity contribution in [3.63, 3.8) is 0 Å². The van der Waals surface area contributed by atoms with Gasteiger partial charge in [0.25, 0.3) is 11.8 Å². The van der Waals surface area contributed by atoms with Crippen molar-refractivity contribution in [2.75, 3.05) is 25.6 Å². The Morgan fingerprint density at radius 1 is 0.742 bits per heavy atom. The van der Waals surface area contributed by atoms with Crippen LogP contribution in [0.3, 0.4) is 0 Å². The van der Waals surface area contributed by atoms with E-state index in [2.05, 4.69) is 31.2 Å². The van der Waals surface area contributed by atoms with Crippen LogP contribution in [0.15, 0.2) is 70.2 Å². The minimum atomic E-state index is -1.39. The number of fused-ring (bicyclic) bond motifs is 14. The van der Waals surface area contributed by atoms with Gasteiger partial charge in [0, 0.05) is 58.5 Å². The molecular formula is C60H58N14O13S6. The van der Waals surface area contributed by atoms with Gasteiger partial charge in [-0.15, -0.1) is 68.0 Å². The fourth-order valence-corrected chi connectivity index (χ4v) is 16.0. The monoisotopic (exact) mass is 1370 g/mol. The highest BCUT2D eigenvalue weighted by Gasteiger charge is 2.36. The van der Waals surface area contributed by atoms with Crippen LogP contribution in [0.2, 0.25) is 0 Å². The number of H-pyrrole nitrogens is 1. The van der Waals surface area contributed by atoms with E-state index in [4.69, 9.17) is 44.4 Å². The number of aryl methyl sites for hydroxylation is 1. The first kappa shape index (κ1) is 65.5. The quantitative estimate of drug-likeness (QED) is 0.0532. The molecule has 1 aromatic carbocycles. The smallest absolute Gasteiger partial charge is 0.421 e. The first-order valence-corrected chi connectivity index (χ1v) is 34.1. The number of nitrogens with one attached hydrogen (secondary N) is 5. The van der Waals surface area contributed by atoms with E-state index in [9.17, 15) is 53.7 Å². The third kappa shape index (κ3) is 14.6. The van der Waals surface area contributed by atoms with Gasteiger partial charge in [-0.05, 0) is 56.2 Å². The van der Waals surface area contributed by atoms with Crippen LogP contribution in [0, 0.1) is 18.8 Å². The number of hydrogen-bond acceptors (Lipinski definition) is 25. The van der Waals surface area contributed by atoms with E-state index < -0.39 is 90.2 Å². The average molecular weight is 1380 g/mol. The third-order valence-electron chi connectivity index (χ3n) is 15.3. The maximum absolute atomic E-state index is 14.5. The number of rotatable bonds is 13. The molecule has 8 aromatic heterocycles. The van der Waals surface area contributed by atoms with Gasteiger partial charge in [0.15, 0.2) is 11.6 Å². The van der Waals surface area contributed by atoms with Crippen LogP contribution in [0.5, 0.6) is 0 Å². The van der Waals surface area contributed by atoms with E-state index in [-0.39, 0.29) is 102 Å². The number of ether oxygens (including phenoxy) is 2. The molecule has 27 nitrogen and oxygen atoms in total. The lowest BCUT2D eigenvalue weighted by atomic mass is 9.87. The number of methoxy groups -OCH3 is 1. The van der Waals surface area contributed by atoms with Gasteiger partial charge in [-0.1, -0.05) is 44.2 Å². The fourth-order valence-electron chi connectivity index (χ4n) is 10.4. The Hall–Kier alpha value is -8.96. The zero-order valence-electron chi connectivity index (χ0n) is 50.0. The molecule has 8 N–H and O–H groups in total. The van der Waals surface area contributed by atoms with Gasteiger partial charge in [0.2, 0.25) is 17.6 Å². The molecule has 10 bridgehead atoms. The lowest BCUT2D eigenvalue weighted by molar-refractivity contribution is -0.143. The summed E-state index contributed by atoms with van der Waals surface area (Å²) in [6, 6.07) is 9.92. The molecule has 5 amide bonds. The van der Waals surface area contributed by atoms with Gasteiger partial charge in [0.1, 0.15) is 83.3 Å². The van der Waals surface area contributed by atoms with Gasteiger partial charge in [-0.25, -0.2) is 54.4 Å². The van der Waals surface area contributed by atoms with Gasteiger partial charge in [-0.2, -0.15) is 0 Å². The van der Waals surface area contributed by atoms with Gasteiger partial charge < -0.3 is 51.0 Å². The zero-order valence-corrected chi connectivity index (χ0v) is 54.9. The number of aromatic nitrogens is 9. The van der Waals surface area contributed by atoms with E-state index in [1.54, 1.807) is 70.9 Å². The molecule has 0 radical (unpaired) electrons.